The molecule has 12 nitrogen and oxygen atoms in total. The maximum absolute atomic E-state index is 10.3. The smallest absolute Gasteiger partial charge is 0.336 e. The van der Waals surface area contributed by atoms with Gasteiger partial charge in [-0.2, -0.15) is 0 Å². The summed E-state index contributed by atoms with van der Waals surface area (Å²) in [6, 6.07) is 13.4. The molecule has 1 saturated heterocycles. The first-order valence-corrected chi connectivity index (χ1v) is 12.2. The van der Waals surface area contributed by atoms with Crippen molar-refractivity contribution in [1.82, 2.24) is 4.90 Å². The van der Waals surface area contributed by atoms with Crippen molar-refractivity contribution < 1.29 is 54.1 Å². The van der Waals surface area contributed by atoms with Gasteiger partial charge in [0.15, 0.2) is 5.60 Å². The monoisotopic (exact) mass is 549 g/mol. The minimum atomic E-state index is -2.74. The lowest BCUT2D eigenvalue weighted by Crippen LogP contribution is -2.42. The molecule has 1 aliphatic rings. The molecule has 1 unspecified atom stereocenters. The molecule has 2 aromatic carbocycles. The van der Waals surface area contributed by atoms with E-state index in [-0.39, 0.29) is 6.10 Å². The number of methoxy groups -OCH3 is 2. The Kier molecular flexibility index (Phi) is 12.0. The third-order valence-electron chi connectivity index (χ3n) is 6.05. The van der Waals surface area contributed by atoms with Crippen LogP contribution in [0.4, 0.5) is 0 Å². The minimum absolute atomic E-state index is 0.241. The van der Waals surface area contributed by atoms with Gasteiger partial charge in [-0.25, -0.2) is 4.79 Å². The number of nitrogens with zero attached hydrogens (tertiary/aromatic N) is 1. The molecule has 12 heteroatoms. The van der Waals surface area contributed by atoms with Gasteiger partial charge in [0.25, 0.3) is 0 Å². The highest BCUT2D eigenvalue weighted by molar-refractivity contribution is 5.88. The van der Waals surface area contributed by atoms with Crippen LogP contribution in [0.2, 0.25) is 0 Å². The molecular formula is C27H35NO11. The third-order valence-corrected chi connectivity index (χ3v) is 6.05. The number of carboxylic acid groups (broad SMARTS) is 3. The maximum Gasteiger partial charge on any atom is 0.336 e. The first-order chi connectivity index (χ1) is 18.5. The second kappa shape index (κ2) is 14.9. The van der Waals surface area contributed by atoms with Crippen LogP contribution in [0.25, 0.3) is 0 Å². The summed E-state index contributed by atoms with van der Waals surface area (Å²) in [4.78, 5) is 32.8. The molecule has 1 aliphatic heterocycles. The van der Waals surface area contributed by atoms with Crippen molar-refractivity contribution in [2.45, 2.75) is 50.5 Å². The zero-order chi connectivity index (χ0) is 29.0. The highest BCUT2D eigenvalue weighted by Crippen LogP contribution is 2.28. The van der Waals surface area contributed by atoms with Crippen LogP contribution in [0, 0.1) is 0 Å². The zero-order valence-corrected chi connectivity index (χ0v) is 21.9. The number of carbonyl (C=O) groups is 3. The van der Waals surface area contributed by atoms with Crippen molar-refractivity contribution in [3.63, 3.8) is 0 Å². The van der Waals surface area contributed by atoms with E-state index < -0.39 is 36.4 Å². The lowest BCUT2D eigenvalue weighted by molar-refractivity contribution is -0.170. The van der Waals surface area contributed by atoms with Crippen LogP contribution >= 0.6 is 0 Å². The lowest BCUT2D eigenvalue weighted by Gasteiger charge is -2.26. The van der Waals surface area contributed by atoms with E-state index in [0.29, 0.717) is 18.8 Å². The molecule has 3 rings (SSSR count). The number of hydrogen-bond acceptors (Lipinski definition) is 9. The Morgan fingerprint density at radius 1 is 0.974 bits per heavy atom. The second-order valence-corrected chi connectivity index (χ2v) is 9.09. The summed E-state index contributed by atoms with van der Waals surface area (Å²) in [5.41, 5.74) is -0.739. The lowest BCUT2D eigenvalue weighted by atomic mass is 9.96. The summed E-state index contributed by atoms with van der Waals surface area (Å²) in [6.07, 6.45) is 0.145. The molecule has 0 saturated carbocycles. The van der Waals surface area contributed by atoms with Crippen LogP contribution in [-0.4, -0.2) is 87.4 Å². The Labute approximate surface area is 226 Å². The number of carboxylic acids is 3. The van der Waals surface area contributed by atoms with Crippen molar-refractivity contribution >= 4 is 17.9 Å². The molecule has 1 fully saturated rings. The molecule has 5 N–H and O–H groups in total. The average molecular weight is 550 g/mol. The molecule has 1 atom stereocenters. The van der Waals surface area contributed by atoms with Crippen LogP contribution in [0.1, 0.15) is 36.8 Å². The number of hydrogen-bond donors (Lipinski definition) is 5. The predicted octanol–water partition coefficient (Wildman–Crippen LogP) is 2.34. The number of para-hydroxylation sites is 1. The van der Waals surface area contributed by atoms with E-state index in [1.165, 1.54) is 0 Å². The van der Waals surface area contributed by atoms with Crippen molar-refractivity contribution in [2.24, 2.45) is 0 Å². The van der Waals surface area contributed by atoms with E-state index in [4.69, 9.17) is 34.6 Å². The summed E-state index contributed by atoms with van der Waals surface area (Å²) in [6.45, 7) is 3.02. The number of benzene rings is 2. The van der Waals surface area contributed by atoms with Crippen LogP contribution in [0.3, 0.4) is 0 Å². The number of phenols is 1. The molecule has 0 aliphatic carbocycles. The zero-order valence-electron chi connectivity index (χ0n) is 21.9. The number of phenolic OH excluding ortho intramolecular Hbond substituents is 1. The average Bonchev–Trinajstić information content (AvgIpc) is 3.38. The van der Waals surface area contributed by atoms with E-state index >= 15 is 0 Å². The summed E-state index contributed by atoms with van der Waals surface area (Å²) in [5.74, 6) is -3.11. The summed E-state index contributed by atoms with van der Waals surface area (Å²) in [7, 11) is 3.32. The first-order valence-electron chi connectivity index (χ1n) is 12.2. The van der Waals surface area contributed by atoms with Crippen molar-refractivity contribution in [3.05, 3.63) is 53.6 Å². The molecule has 214 valence electrons. The van der Waals surface area contributed by atoms with Crippen molar-refractivity contribution in [1.29, 1.82) is 0 Å². The fourth-order valence-corrected chi connectivity index (χ4v) is 4.08. The molecule has 2 aromatic rings. The molecule has 0 radical (unpaired) electrons. The van der Waals surface area contributed by atoms with Crippen LogP contribution < -0.4 is 9.47 Å². The summed E-state index contributed by atoms with van der Waals surface area (Å²) < 4.78 is 16.7. The number of aliphatic hydroxyl groups is 1. The van der Waals surface area contributed by atoms with Gasteiger partial charge in [-0.1, -0.05) is 24.3 Å². The van der Waals surface area contributed by atoms with Gasteiger partial charge in [0, 0.05) is 43.4 Å². The molecule has 0 aromatic heterocycles. The van der Waals surface area contributed by atoms with E-state index in [2.05, 4.69) is 4.90 Å². The Morgan fingerprint density at radius 3 is 2.13 bits per heavy atom. The normalized spacial score (nSPS) is 14.8. The van der Waals surface area contributed by atoms with Gasteiger partial charge >= 0.3 is 17.9 Å². The van der Waals surface area contributed by atoms with Crippen LogP contribution in [-0.2, 0) is 32.2 Å². The van der Waals surface area contributed by atoms with Gasteiger partial charge in [-0.05, 0) is 25.0 Å². The molecule has 0 bridgehead atoms. The topological polar surface area (TPSA) is 183 Å². The Balaban J connectivity index is 0.000000349. The fraction of sp³-hybridized carbons (Fsp3) is 0.444. The Bertz CT molecular complexity index is 1100. The Hall–Kier alpha value is -3.87. The first kappa shape index (κ1) is 31.3. The molecule has 0 amide bonds. The van der Waals surface area contributed by atoms with Gasteiger partial charge in [0.2, 0.25) is 0 Å². The van der Waals surface area contributed by atoms with Gasteiger partial charge in [-0.3, -0.25) is 14.5 Å². The highest BCUT2D eigenvalue weighted by atomic mass is 16.5. The highest BCUT2D eigenvalue weighted by Gasteiger charge is 2.40. The summed E-state index contributed by atoms with van der Waals surface area (Å²) >= 11 is 0. The molecule has 39 heavy (non-hydrogen) atoms. The second-order valence-electron chi connectivity index (χ2n) is 9.09. The van der Waals surface area contributed by atoms with E-state index in [1.807, 2.05) is 36.4 Å². The van der Waals surface area contributed by atoms with Crippen LogP contribution in [0.15, 0.2) is 42.5 Å². The minimum Gasteiger partial charge on any atom is -0.508 e. The van der Waals surface area contributed by atoms with Crippen LogP contribution in [0.5, 0.6) is 17.2 Å². The summed E-state index contributed by atoms with van der Waals surface area (Å²) in [5, 5.41) is 44.0. The Morgan fingerprint density at radius 2 is 1.62 bits per heavy atom. The molecule has 1 heterocycles. The number of rotatable bonds is 13. The van der Waals surface area contributed by atoms with Crippen molar-refractivity contribution in [2.75, 3.05) is 27.4 Å². The van der Waals surface area contributed by atoms with Crippen molar-refractivity contribution in [3.8, 4) is 17.2 Å². The predicted molar refractivity (Wildman–Crippen MR) is 138 cm³/mol. The van der Waals surface area contributed by atoms with Gasteiger partial charge < -0.3 is 39.7 Å². The maximum atomic E-state index is 10.3. The fourth-order valence-electron chi connectivity index (χ4n) is 4.08. The van der Waals surface area contributed by atoms with Gasteiger partial charge in [-0.15, -0.1) is 0 Å². The van der Waals surface area contributed by atoms with Gasteiger partial charge in [0.05, 0.1) is 33.2 Å². The molecule has 0 spiro atoms. The number of aliphatic carboxylic acids is 3. The number of ether oxygens (including phenoxy) is 3. The number of aromatic hydroxyl groups is 1. The largest absolute Gasteiger partial charge is 0.508 e. The van der Waals surface area contributed by atoms with E-state index in [0.717, 1.165) is 48.6 Å². The quantitative estimate of drug-likeness (QED) is 0.246. The standard InChI is InChI=1S/C21H27NO4.C6H8O7/c1-24-18-10-9-17(21(12-18)25-2)14-22(15-19-7-5-11-26-19)13-16-6-3-4-8-20(16)23;7-3(8)1-6(13,5(11)12)2-4(9)10/h3-4,6,8-10,12,19,23H,5,7,11,13-15H2,1-2H3;13H,1-2H2,(H,7,8)(H,9,10)(H,11,12). The molecular weight excluding hydrogens is 514 g/mol. The van der Waals surface area contributed by atoms with E-state index in [9.17, 15) is 19.5 Å². The van der Waals surface area contributed by atoms with E-state index in [1.54, 1.807) is 20.3 Å². The van der Waals surface area contributed by atoms with Gasteiger partial charge in [0.1, 0.15) is 17.2 Å². The SMILES string of the molecule is COc1ccc(CN(Cc2ccccc2O)CC2CCCO2)c(OC)c1.O=C(O)CC(O)(CC(=O)O)C(=O)O. The third kappa shape index (κ3) is 10.1.